The lowest BCUT2D eigenvalue weighted by atomic mass is 9.78. The number of amides is 1. The number of benzene rings is 1. The highest BCUT2D eigenvalue weighted by atomic mass is 16.2. The maximum absolute atomic E-state index is 13.6. The summed E-state index contributed by atoms with van der Waals surface area (Å²) in [6.07, 6.45) is 3.14. The van der Waals surface area contributed by atoms with Gasteiger partial charge in [-0.1, -0.05) is 38.1 Å². The summed E-state index contributed by atoms with van der Waals surface area (Å²) in [5.74, 6) is 0.501. The predicted molar refractivity (Wildman–Crippen MR) is 142 cm³/mol. The van der Waals surface area contributed by atoms with E-state index >= 15 is 0 Å². The Morgan fingerprint density at radius 1 is 1.03 bits per heavy atom. The Morgan fingerprint density at radius 2 is 1.81 bits per heavy atom. The van der Waals surface area contributed by atoms with Crippen LogP contribution >= 0.6 is 0 Å². The third-order valence-corrected chi connectivity index (χ3v) is 7.72. The van der Waals surface area contributed by atoms with Crippen LogP contribution in [0.5, 0.6) is 0 Å². The molecule has 0 spiro atoms. The second-order valence-electron chi connectivity index (χ2n) is 10.7. The van der Waals surface area contributed by atoms with Crippen LogP contribution in [-0.4, -0.2) is 50.0 Å². The average Bonchev–Trinajstić information content (AvgIpc) is 3.23. The van der Waals surface area contributed by atoms with E-state index in [9.17, 15) is 14.4 Å². The van der Waals surface area contributed by atoms with Crippen molar-refractivity contribution in [3.05, 3.63) is 92.3 Å². The molecule has 2 N–H and O–H groups in total. The Hall–Kier alpha value is -4.14. The summed E-state index contributed by atoms with van der Waals surface area (Å²) in [4.78, 5) is 52.7. The van der Waals surface area contributed by atoms with Gasteiger partial charge >= 0.3 is 5.69 Å². The van der Waals surface area contributed by atoms with Crippen LogP contribution in [0, 0.1) is 0 Å². The topological polar surface area (TPSA) is 107 Å². The summed E-state index contributed by atoms with van der Waals surface area (Å²) in [6, 6.07) is 15.2. The predicted octanol–water partition coefficient (Wildman–Crippen LogP) is 3.19. The van der Waals surface area contributed by atoms with Gasteiger partial charge in [0.25, 0.3) is 5.91 Å². The monoisotopic (exact) mass is 498 g/mol. The Bertz CT molecular complexity index is 1610. The molecule has 0 saturated carbocycles. The van der Waals surface area contributed by atoms with E-state index in [-0.39, 0.29) is 28.6 Å². The smallest absolute Gasteiger partial charge is 0.327 e. The summed E-state index contributed by atoms with van der Waals surface area (Å²) in [6.45, 7) is 6.72. The standard InChI is InChI=1S/C28H30N6O3/c1-28(2)17-33(16-18-6-3-4-7-21(18)28)26(36)19-14-23(30-24(35)15-19)32-12-9-20(10-13-32)34-22-8-5-11-29-25(22)31-27(34)37/h3-8,11,14-15,20H,9-10,12-13,16-17H2,1-2H3,(H,30,35)(H,29,31,37). The number of piperidine rings is 1. The molecular formula is C28H30N6O3. The van der Waals surface area contributed by atoms with E-state index in [1.54, 1.807) is 16.8 Å². The van der Waals surface area contributed by atoms with Crippen LogP contribution in [0.1, 0.15) is 54.2 Å². The minimum atomic E-state index is -0.293. The number of aromatic amines is 2. The molecule has 0 atom stereocenters. The summed E-state index contributed by atoms with van der Waals surface area (Å²) in [7, 11) is 0. The number of nitrogens with zero attached hydrogens (tertiary/aromatic N) is 4. The third-order valence-electron chi connectivity index (χ3n) is 7.72. The first-order valence-corrected chi connectivity index (χ1v) is 12.7. The van der Waals surface area contributed by atoms with Gasteiger partial charge in [-0.05, 0) is 42.2 Å². The molecule has 0 bridgehead atoms. The molecule has 4 aromatic rings. The van der Waals surface area contributed by atoms with Gasteiger partial charge in [0.1, 0.15) is 5.82 Å². The maximum Gasteiger partial charge on any atom is 0.327 e. The lowest BCUT2D eigenvalue weighted by Crippen LogP contribution is -2.45. The van der Waals surface area contributed by atoms with Crippen molar-refractivity contribution < 1.29 is 4.79 Å². The van der Waals surface area contributed by atoms with Crippen LogP contribution in [-0.2, 0) is 12.0 Å². The van der Waals surface area contributed by atoms with E-state index in [0.29, 0.717) is 43.2 Å². The number of rotatable bonds is 3. The number of pyridine rings is 2. The van der Waals surface area contributed by atoms with Crippen molar-refractivity contribution in [1.29, 1.82) is 0 Å². The van der Waals surface area contributed by atoms with Crippen molar-refractivity contribution in [3.63, 3.8) is 0 Å². The Morgan fingerprint density at radius 3 is 2.62 bits per heavy atom. The lowest BCUT2D eigenvalue weighted by Gasteiger charge is -2.40. The largest absolute Gasteiger partial charge is 0.358 e. The number of nitrogens with one attached hydrogen (secondary N) is 2. The third kappa shape index (κ3) is 4.14. The molecule has 5 heterocycles. The Labute approximate surface area is 213 Å². The van der Waals surface area contributed by atoms with Crippen LogP contribution in [0.4, 0.5) is 5.82 Å². The van der Waals surface area contributed by atoms with E-state index in [4.69, 9.17) is 0 Å². The fourth-order valence-electron chi connectivity index (χ4n) is 5.98. The van der Waals surface area contributed by atoms with Gasteiger partial charge in [-0.25, -0.2) is 9.78 Å². The first-order valence-electron chi connectivity index (χ1n) is 12.7. The number of H-pyrrole nitrogens is 2. The van der Waals surface area contributed by atoms with Crippen molar-refractivity contribution in [1.82, 2.24) is 24.4 Å². The molecule has 0 unspecified atom stereocenters. The van der Waals surface area contributed by atoms with Crippen molar-refractivity contribution in [3.8, 4) is 0 Å². The molecule has 2 aliphatic rings. The summed E-state index contributed by atoms with van der Waals surface area (Å²) in [5.41, 5.74) is 3.58. The Balaban J connectivity index is 1.22. The number of imidazole rings is 1. The normalized spacial score (nSPS) is 17.7. The fraction of sp³-hybridized carbons (Fsp3) is 0.357. The molecule has 190 valence electrons. The molecule has 3 aromatic heterocycles. The number of carbonyl (C=O) groups excluding carboxylic acids is 1. The van der Waals surface area contributed by atoms with Gasteiger partial charge in [-0.3, -0.25) is 19.1 Å². The SMILES string of the molecule is CC1(C)CN(C(=O)c2cc(N3CCC(n4c(=O)[nH]c5ncccc54)CC3)[nH]c(=O)c2)Cc2ccccc21. The zero-order valence-corrected chi connectivity index (χ0v) is 21.0. The highest BCUT2D eigenvalue weighted by molar-refractivity contribution is 5.95. The second kappa shape index (κ2) is 8.76. The molecule has 9 nitrogen and oxygen atoms in total. The van der Waals surface area contributed by atoms with E-state index in [0.717, 1.165) is 23.9 Å². The molecular weight excluding hydrogens is 468 g/mol. The van der Waals surface area contributed by atoms with E-state index in [1.165, 1.54) is 11.6 Å². The first kappa shape index (κ1) is 23.3. The molecule has 6 rings (SSSR count). The minimum Gasteiger partial charge on any atom is -0.358 e. The number of anilines is 1. The summed E-state index contributed by atoms with van der Waals surface area (Å²) in [5, 5.41) is 0. The van der Waals surface area contributed by atoms with Gasteiger partial charge in [0, 0.05) is 55.5 Å². The molecule has 1 aromatic carbocycles. The molecule has 1 fully saturated rings. The van der Waals surface area contributed by atoms with Crippen molar-refractivity contribution >= 4 is 22.9 Å². The maximum atomic E-state index is 13.6. The van der Waals surface area contributed by atoms with E-state index in [2.05, 4.69) is 45.8 Å². The van der Waals surface area contributed by atoms with E-state index < -0.39 is 0 Å². The van der Waals surface area contributed by atoms with Gasteiger partial charge in [-0.15, -0.1) is 0 Å². The lowest BCUT2D eigenvalue weighted by molar-refractivity contribution is 0.0686. The molecule has 9 heteroatoms. The Kier molecular flexibility index (Phi) is 5.51. The highest BCUT2D eigenvalue weighted by Crippen LogP contribution is 2.34. The van der Waals surface area contributed by atoms with Crippen LogP contribution in [0.3, 0.4) is 0 Å². The molecule has 1 amide bonds. The van der Waals surface area contributed by atoms with Gasteiger partial charge in [0.15, 0.2) is 5.65 Å². The van der Waals surface area contributed by atoms with Crippen molar-refractivity contribution in [2.45, 2.75) is 44.7 Å². The molecule has 1 saturated heterocycles. The average molecular weight is 499 g/mol. The highest BCUT2D eigenvalue weighted by Gasteiger charge is 2.34. The van der Waals surface area contributed by atoms with Crippen molar-refractivity contribution in [2.75, 3.05) is 24.5 Å². The summed E-state index contributed by atoms with van der Waals surface area (Å²) >= 11 is 0. The van der Waals surface area contributed by atoms with Gasteiger partial charge < -0.3 is 14.8 Å². The molecule has 0 aliphatic carbocycles. The molecule has 37 heavy (non-hydrogen) atoms. The number of hydrogen-bond acceptors (Lipinski definition) is 5. The zero-order valence-electron chi connectivity index (χ0n) is 21.0. The number of aromatic nitrogens is 4. The quantitative estimate of drug-likeness (QED) is 0.451. The zero-order chi connectivity index (χ0) is 25.7. The van der Waals surface area contributed by atoms with Gasteiger partial charge in [-0.2, -0.15) is 0 Å². The fourth-order valence-corrected chi connectivity index (χ4v) is 5.98. The number of hydrogen-bond donors (Lipinski definition) is 2. The van der Waals surface area contributed by atoms with E-state index in [1.807, 2.05) is 29.2 Å². The van der Waals surface area contributed by atoms with Crippen LogP contribution in [0.15, 0.2) is 64.3 Å². The second-order valence-corrected chi connectivity index (χ2v) is 10.7. The molecule has 2 aliphatic heterocycles. The van der Waals surface area contributed by atoms with Crippen LogP contribution in [0.25, 0.3) is 11.2 Å². The first-order chi connectivity index (χ1) is 17.8. The van der Waals surface area contributed by atoms with Crippen molar-refractivity contribution in [2.24, 2.45) is 0 Å². The molecule has 0 radical (unpaired) electrons. The van der Waals surface area contributed by atoms with Crippen LogP contribution in [0.2, 0.25) is 0 Å². The van der Waals surface area contributed by atoms with Gasteiger partial charge in [0.05, 0.1) is 5.52 Å². The van der Waals surface area contributed by atoms with Gasteiger partial charge in [0.2, 0.25) is 5.56 Å². The number of fused-ring (bicyclic) bond motifs is 2. The summed E-state index contributed by atoms with van der Waals surface area (Å²) < 4.78 is 1.79. The minimum absolute atomic E-state index is 0.0360. The number of carbonyl (C=O) groups is 1. The van der Waals surface area contributed by atoms with Crippen LogP contribution < -0.4 is 16.1 Å².